The third-order valence-corrected chi connectivity index (χ3v) is 4.49. The quantitative estimate of drug-likeness (QED) is 0.784. The maximum atomic E-state index is 10.3. The SMILES string of the molecule is Cc1ccc2c(c1)[C@@H](O)CC(c1cc(Cl)ccc1Br)O2. The van der Waals surface area contributed by atoms with Crippen LogP contribution in [0.3, 0.4) is 0 Å². The van der Waals surface area contributed by atoms with Gasteiger partial charge in [-0.15, -0.1) is 0 Å². The minimum Gasteiger partial charge on any atom is -0.485 e. The molecule has 20 heavy (non-hydrogen) atoms. The molecule has 2 aromatic rings. The topological polar surface area (TPSA) is 29.5 Å². The van der Waals surface area contributed by atoms with Crippen molar-refractivity contribution in [2.24, 2.45) is 0 Å². The van der Waals surface area contributed by atoms with Gasteiger partial charge < -0.3 is 9.84 Å². The molecule has 2 nitrogen and oxygen atoms in total. The summed E-state index contributed by atoms with van der Waals surface area (Å²) >= 11 is 9.57. The fraction of sp³-hybridized carbons (Fsp3) is 0.250. The number of aryl methyl sites for hydroxylation is 1. The molecule has 0 saturated carbocycles. The molecule has 1 aliphatic heterocycles. The molecule has 0 amide bonds. The highest BCUT2D eigenvalue weighted by Crippen LogP contribution is 2.43. The fourth-order valence-corrected chi connectivity index (χ4v) is 3.20. The Kier molecular flexibility index (Phi) is 3.76. The standard InChI is InChI=1S/C16H14BrClO2/c1-9-2-5-15-12(6-9)14(19)8-16(20-15)11-7-10(18)3-4-13(11)17/h2-7,14,16,19H,8H2,1H3/t14-,16?/m0/s1. The lowest BCUT2D eigenvalue weighted by Crippen LogP contribution is -2.19. The molecule has 0 radical (unpaired) electrons. The van der Waals surface area contributed by atoms with E-state index in [1.807, 2.05) is 43.3 Å². The number of halogens is 2. The zero-order valence-electron chi connectivity index (χ0n) is 10.9. The fourth-order valence-electron chi connectivity index (χ4n) is 2.52. The summed E-state index contributed by atoms with van der Waals surface area (Å²) in [7, 11) is 0. The molecule has 0 fully saturated rings. The number of benzene rings is 2. The molecule has 1 aliphatic rings. The minimum absolute atomic E-state index is 0.201. The number of hydrogen-bond donors (Lipinski definition) is 1. The molecule has 2 aromatic carbocycles. The summed E-state index contributed by atoms with van der Waals surface area (Å²) in [5, 5.41) is 11.0. The Morgan fingerprint density at radius 1 is 1.20 bits per heavy atom. The van der Waals surface area contributed by atoms with Crippen molar-refractivity contribution in [1.29, 1.82) is 0 Å². The van der Waals surface area contributed by atoms with E-state index >= 15 is 0 Å². The second-order valence-electron chi connectivity index (χ2n) is 5.07. The molecular formula is C16H14BrClO2. The summed E-state index contributed by atoms with van der Waals surface area (Å²) < 4.78 is 6.97. The largest absolute Gasteiger partial charge is 0.485 e. The van der Waals surface area contributed by atoms with Crippen LogP contribution in [0.15, 0.2) is 40.9 Å². The van der Waals surface area contributed by atoms with E-state index in [9.17, 15) is 5.11 Å². The average Bonchev–Trinajstić information content (AvgIpc) is 2.42. The predicted octanol–water partition coefficient (Wildman–Crippen LogP) is 4.97. The van der Waals surface area contributed by atoms with Gasteiger partial charge in [0.05, 0.1) is 6.10 Å². The lowest BCUT2D eigenvalue weighted by Gasteiger charge is -2.30. The molecular weight excluding hydrogens is 340 g/mol. The summed E-state index contributed by atoms with van der Waals surface area (Å²) in [6, 6.07) is 11.5. The highest BCUT2D eigenvalue weighted by molar-refractivity contribution is 9.10. The molecule has 2 atom stereocenters. The Hall–Kier alpha value is -1.03. The number of hydrogen-bond acceptors (Lipinski definition) is 2. The first kappa shape index (κ1) is 13.9. The number of ether oxygens (including phenoxy) is 1. The smallest absolute Gasteiger partial charge is 0.128 e. The van der Waals surface area contributed by atoms with Crippen LogP contribution in [-0.2, 0) is 0 Å². The van der Waals surface area contributed by atoms with E-state index in [1.165, 1.54) is 0 Å². The highest BCUT2D eigenvalue weighted by Gasteiger charge is 2.29. The maximum Gasteiger partial charge on any atom is 0.128 e. The van der Waals surface area contributed by atoms with Crippen LogP contribution in [0.4, 0.5) is 0 Å². The Morgan fingerprint density at radius 2 is 2.00 bits per heavy atom. The summed E-state index contributed by atoms with van der Waals surface area (Å²) in [6.45, 7) is 2.01. The lowest BCUT2D eigenvalue weighted by molar-refractivity contribution is 0.0653. The Bertz CT molecular complexity index is 657. The highest BCUT2D eigenvalue weighted by atomic mass is 79.9. The molecule has 1 unspecified atom stereocenters. The third-order valence-electron chi connectivity index (χ3n) is 3.54. The number of aliphatic hydroxyl groups is 1. The summed E-state index contributed by atoms with van der Waals surface area (Å²) in [6.07, 6.45) is -0.196. The minimum atomic E-state index is -0.519. The molecule has 1 N–H and O–H groups in total. The van der Waals surface area contributed by atoms with Crippen molar-refractivity contribution in [2.75, 3.05) is 0 Å². The summed E-state index contributed by atoms with van der Waals surface area (Å²) in [4.78, 5) is 0. The van der Waals surface area contributed by atoms with Crippen molar-refractivity contribution in [3.8, 4) is 5.75 Å². The molecule has 4 heteroatoms. The van der Waals surface area contributed by atoms with Gasteiger partial charge in [-0.25, -0.2) is 0 Å². The van der Waals surface area contributed by atoms with Gasteiger partial charge in [0.25, 0.3) is 0 Å². The lowest BCUT2D eigenvalue weighted by atomic mass is 9.94. The van der Waals surface area contributed by atoms with Gasteiger partial charge in [0.15, 0.2) is 0 Å². The van der Waals surface area contributed by atoms with Crippen LogP contribution in [0.2, 0.25) is 5.02 Å². The monoisotopic (exact) mass is 352 g/mol. The van der Waals surface area contributed by atoms with Gasteiger partial charge >= 0.3 is 0 Å². The van der Waals surface area contributed by atoms with Crippen LogP contribution >= 0.6 is 27.5 Å². The number of aliphatic hydroxyl groups excluding tert-OH is 1. The van der Waals surface area contributed by atoms with E-state index in [2.05, 4.69) is 15.9 Å². The zero-order chi connectivity index (χ0) is 14.3. The molecule has 104 valence electrons. The van der Waals surface area contributed by atoms with Crippen molar-refractivity contribution < 1.29 is 9.84 Å². The van der Waals surface area contributed by atoms with Gasteiger partial charge in [-0.1, -0.05) is 39.2 Å². The van der Waals surface area contributed by atoms with Crippen molar-refractivity contribution in [3.63, 3.8) is 0 Å². The van der Waals surface area contributed by atoms with E-state index in [1.54, 1.807) is 0 Å². The molecule has 3 rings (SSSR count). The van der Waals surface area contributed by atoms with Gasteiger partial charge in [0, 0.05) is 27.0 Å². The molecule has 0 aromatic heterocycles. The van der Waals surface area contributed by atoms with Crippen molar-refractivity contribution in [2.45, 2.75) is 25.6 Å². The molecule has 0 aliphatic carbocycles. The van der Waals surface area contributed by atoms with E-state index in [-0.39, 0.29) is 6.10 Å². The molecule has 0 bridgehead atoms. The Labute approximate surface area is 131 Å². The maximum absolute atomic E-state index is 10.3. The molecule has 0 saturated heterocycles. The van der Waals surface area contributed by atoms with Gasteiger partial charge in [-0.05, 0) is 37.3 Å². The second kappa shape index (κ2) is 5.40. The van der Waals surface area contributed by atoms with E-state index < -0.39 is 6.10 Å². The molecule has 0 spiro atoms. The second-order valence-corrected chi connectivity index (χ2v) is 6.36. The van der Waals surface area contributed by atoms with Crippen LogP contribution < -0.4 is 4.74 Å². The number of rotatable bonds is 1. The Morgan fingerprint density at radius 3 is 2.80 bits per heavy atom. The van der Waals surface area contributed by atoms with Crippen LogP contribution in [-0.4, -0.2) is 5.11 Å². The Balaban J connectivity index is 1.99. The van der Waals surface area contributed by atoms with Crippen LogP contribution in [0.25, 0.3) is 0 Å². The summed E-state index contributed by atoms with van der Waals surface area (Å²) in [5.41, 5.74) is 2.94. The van der Waals surface area contributed by atoms with Gasteiger partial charge in [-0.3, -0.25) is 0 Å². The van der Waals surface area contributed by atoms with Gasteiger partial charge in [0.2, 0.25) is 0 Å². The zero-order valence-corrected chi connectivity index (χ0v) is 13.3. The molecule has 1 heterocycles. The van der Waals surface area contributed by atoms with E-state index in [4.69, 9.17) is 16.3 Å². The van der Waals surface area contributed by atoms with E-state index in [0.717, 1.165) is 26.9 Å². The summed E-state index contributed by atoms with van der Waals surface area (Å²) in [5.74, 6) is 0.742. The van der Waals surface area contributed by atoms with Crippen molar-refractivity contribution in [1.82, 2.24) is 0 Å². The van der Waals surface area contributed by atoms with Crippen LogP contribution in [0.1, 0.15) is 35.3 Å². The third kappa shape index (κ3) is 2.58. The number of fused-ring (bicyclic) bond motifs is 1. The van der Waals surface area contributed by atoms with Gasteiger partial charge in [-0.2, -0.15) is 0 Å². The van der Waals surface area contributed by atoms with Crippen LogP contribution in [0, 0.1) is 6.92 Å². The van der Waals surface area contributed by atoms with Crippen LogP contribution in [0.5, 0.6) is 5.75 Å². The predicted molar refractivity (Wildman–Crippen MR) is 83.3 cm³/mol. The van der Waals surface area contributed by atoms with Crippen molar-refractivity contribution >= 4 is 27.5 Å². The first-order valence-electron chi connectivity index (χ1n) is 6.45. The first-order valence-corrected chi connectivity index (χ1v) is 7.62. The van der Waals surface area contributed by atoms with E-state index in [0.29, 0.717) is 11.4 Å². The van der Waals surface area contributed by atoms with Gasteiger partial charge in [0.1, 0.15) is 11.9 Å². The normalized spacial score (nSPS) is 21.2. The van der Waals surface area contributed by atoms with Crippen molar-refractivity contribution in [3.05, 3.63) is 62.6 Å². The first-order chi connectivity index (χ1) is 9.54. The average molecular weight is 354 g/mol.